The first kappa shape index (κ1) is 8.04. The second kappa shape index (κ2) is 3.97. The SMILES string of the molecule is O=C(O)C(O)=CC=CCl. The van der Waals surface area contributed by atoms with Crippen LogP contribution in [0.5, 0.6) is 0 Å². The summed E-state index contributed by atoms with van der Waals surface area (Å²) >= 11 is 5.02. The van der Waals surface area contributed by atoms with Crippen molar-refractivity contribution in [1.82, 2.24) is 0 Å². The van der Waals surface area contributed by atoms with Crippen LogP contribution in [0, 0.1) is 0 Å². The van der Waals surface area contributed by atoms with Gasteiger partial charge < -0.3 is 10.2 Å². The van der Waals surface area contributed by atoms with E-state index in [0.717, 1.165) is 11.6 Å². The summed E-state index contributed by atoms with van der Waals surface area (Å²) in [5.41, 5.74) is 1.10. The van der Waals surface area contributed by atoms with Crippen molar-refractivity contribution in [2.24, 2.45) is 0 Å². The van der Waals surface area contributed by atoms with Crippen molar-refractivity contribution in [1.29, 1.82) is 0 Å². The molecule has 0 aromatic heterocycles. The number of hydrogen-bond acceptors (Lipinski definition) is 2. The van der Waals surface area contributed by atoms with E-state index in [2.05, 4.69) is 0 Å². The fraction of sp³-hybridized carbons (Fsp3) is 0. The molecule has 3 nitrogen and oxygen atoms in total. The van der Waals surface area contributed by atoms with Crippen LogP contribution in [0.3, 0.4) is 0 Å². The molecule has 0 aliphatic carbocycles. The van der Waals surface area contributed by atoms with Crippen LogP contribution in [-0.4, -0.2) is 16.2 Å². The molecule has 9 heavy (non-hydrogen) atoms. The van der Waals surface area contributed by atoms with E-state index in [4.69, 9.17) is 21.8 Å². The number of aliphatic hydroxyl groups excluding tert-OH is 1. The van der Waals surface area contributed by atoms with Crippen molar-refractivity contribution in [3.05, 3.63) is 23.4 Å². The number of carboxylic acid groups (broad SMARTS) is 1. The normalized spacial score (nSPS) is 12.3. The van der Waals surface area contributed by atoms with Crippen LogP contribution in [-0.2, 0) is 4.79 Å². The minimum atomic E-state index is -1.37. The molecule has 0 aliphatic heterocycles. The Labute approximate surface area is 56.9 Å². The molecule has 0 saturated carbocycles. The lowest BCUT2D eigenvalue weighted by atomic mass is 10.4. The molecule has 0 rings (SSSR count). The zero-order chi connectivity index (χ0) is 7.28. The lowest BCUT2D eigenvalue weighted by molar-refractivity contribution is -0.135. The topological polar surface area (TPSA) is 57.5 Å². The molecule has 0 heterocycles. The van der Waals surface area contributed by atoms with Gasteiger partial charge in [0.2, 0.25) is 5.76 Å². The summed E-state index contributed by atoms with van der Waals surface area (Å²) in [5, 5.41) is 16.4. The summed E-state index contributed by atoms with van der Waals surface area (Å²) in [4.78, 5) is 9.81. The average Bonchev–Trinajstić information content (AvgIpc) is 1.82. The third kappa shape index (κ3) is 3.61. The number of carboxylic acids is 1. The molecule has 0 amide bonds. The second-order valence-corrected chi connectivity index (χ2v) is 1.43. The first-order valence-electron chi connectivity index (χ1n) is 2.07. The van der Waals surface area contributed by atoms with E-state index in [1.807, 2.05) is 0 Å². The van der Waals surface area contributed by atoms with E-state index < -0.39 is 11.7 Å². The molecule has 50 valence electrons. The predicted molar refractivity (Wildman–Crippen MR) is 33.3 cm³/mol. The summed E-state index contributed by atoms with van der Waals surface area (Å²) in [6.45, 7) is 0. The minimum Gasteiger partial charge on any atom is -0.502 e. The molecule has 0 unspecified atom stereocenters. The van der Waals surface area contributed by atoms with Crippen molar-refractivity contribution in [3.63, 3.8) is 0 Å². The molecule has 0 spiro atoms. The Bertz CT molecular complexity index is 160. The molecule has 0 saturated heterocycles. The highest BCUT2D eigenvalue weighted by Crippen LogP contribution is 1.89. The van der Waals surface area contributed by atoms with E-state index in [-0.39, 0.29) is 0 Å². The van der Waals surface area contributed by atoms with Gasteiger partial charge in [0.1, 0.15) is 0 Å². The van der Waals surface area contributed by atoms with Gasteiger partial charge in [-0.1, -0.05) is 11.6 Å². The molecule has 0 atom stereocenters. The maximum Gasteiger partial charge on any atom is 0.370 e. The zero-order valence-corrected chi connectivity index (χ0v) is 5.17. The Morgan fingerprint density at radius 1 is 1.44 bits per heavy atom. The fourth-order valence-electron chi connectivity index (χ4n) is 0.199. The molecular formula is C5H5ClO3. The van der Waals surface area contributed by atoms with E-state index in [1.54, 1.807) is 0 Å². The summed E-state index contributed by atoms with van der Waals surface area (Å²) in [6, 6.07) is 0. The maximum atomic E-state index is 9.81. The number of carbonyl (C=O) groups is 1. The number of allylic oxidation sites excluding steroid dienone is 2. The Hall–Kier alpha value is -0.960. The fourth-order valence-corrected chi connectivity index (χ4v) is 0.272. The van der Waals surface area contributed by atoms with Crippen LogP contribution in [0.25, 0.3) is 0 Å². The van der Waals surface area contributed by atoms with Crippen molar-refractivity contribution in [2.45, 2.75) is 0 Å². The van der Waals surface area contributed by atoms with Gasteiger partial charge in [-0.15, -0.1) is 0 Å². The Balaban J connectivity index is 4.00. The van der Waals surface area contributed by atoms with Gasteiger partial charge in [0.25, 0.3) is 0 Å². The highest BCUT2D eigenvalue weighted by molar-refractivity contribution is 6.25. The molecule has 0 aromatic carbocycles. The van der Waals surface area contributed by atoms with Gasteiger partial charge in [0.05, 0.1) is 0 Å². The monoisotopic (exact) mass is 148 g/mol. The van der Waals surface area contributed by atoms with Gasteiger partial charge in [-0.2, -0.15) is 0 Å². The Morgan fingerprint density at radius 2 is 2.00 bits per heavy atom. The van der Waals surface area contributed by atoms with Crippen molar-refractivity contribution in [3.8, 4) is 0 Å². The van der Waals surface area contributed by atoms with Gasteiger partial charge in [-0.3, -0.25) is 0 Å². The summed E-state index contributed by atoms with van der Waals surface area (Å²) in [5.74, 6) is -2.10. The van der Waals surface area contributed by atoms with E-state index in [0.29, 0.717) is 0 Å². The molecular weight excluding hydrogens is 144 g/mol. The van der Waals surface area contributed by atoms with E-state index in [9.17, 15) is 4.79 Å². The highest BCUT2D eigenvalue weighted by atomic mass is 35.5. The van der Waals surface area contributed by atoms with E-state index >= 15 is 0 Å². The third-order valence-corrected chi connectivity index (χ3v) is 0.691. The van der Waals surface area contributed by atoms with Gasteiger partial charge in [-0.05, 0) is 12.2 Å². The Morgan fingerprint density at radius 3 is 2.33 bits per heavy atom. The van der Waals surface area contributed by atoms with Gasteiger partial charge >= 0.3 is 5.97 Å². The smallest absolute Gasteiger partial charge is 0.370 e. The number of aliphatic carboxylic acids is 1. The zero-order valence-electron chi connectivity index (χ0n) is 4.41. The first-order chi connectivity index (χ1) is 4.18. The van der Waals surface area contributed by atoms with Crippen molar-refractivity contribution in [2.75, 3.05) is 0 Å². The van der Waals surface area contributed by atoms with Crippen LogP contribution in [0.4, 0.5) is 0 Å². The first-order valence-corrected chi connectivity index (χ1v) is 2.51. The second-order valence-electron chi connectivity index (χ2n) is 1.18. The van der Waals surface area contributed by atoms with Crippen molar-refractivity contribution >= 4 is 17.6 Å². The number of rotatable bonds is 2. The Kier molecular flexibility index (Phi) is 3.55. The highest BCUT2D eigenvalue weighted by Gasteiger charge is 1.98. The molecule has 0 aromatic rings. The van der Waals surface area contributed by atoms with Gasteiger partial charge in [0.15, 0.2) is 0 Å². The van der Waals surface area contributed by atoms with Crippen LogP contribution >= 0.6 is 11.6 Å². The maximum absolute atomic E-state index is 9.81. The largest absolute Gasteiger partial charge is 0.502 e. The summed E-state index contributed by atoms with van der Waals surface area (Å²) < 4.78 is 0. The van der Waals surface area contributed by atoms with Crippen LogP contribution in [0.2, 0.25) is 0 Å². The molecule has 0 fully saturated rings. The molecule has 0 radical (unpaired) electrons. The molecule has 0 aliphatic rings. The minimum absolute atomic E-state index is 0.730. The van der Waals surface area contributed by atoms with Gasteiger partial charge in [-0.25, -0.2) is 4.79 Å². The van der Waals surface area contributed by atoms with Gasteiger partial charge in [0, 0.05) is 5.54 Å². The number of halogens is 1. The standard InChI is InChI=1S/C5H5ClO3/c6-3-1-2-4(7)5(8)9/h1-3,7H,(H,8,9). The van der Waals surface area contributed by atoms with Crippen LogP contribution in [0.1, 0.15) is 0 Å². The lowest BCUT2D eigenvalue weighted by Crippen LogP contribution is -1.97. The molecule has 4 heteroatoms. The molecule has 0 bridgehead atoms. The predicted octanol–water partition coefficient (Wildman–Crippen LogP) is 1.27. The summed E-state index contributed by atoms with van der Waals surface area (Å²) in [7, 11) is 0. The van der Waals surface area contributed by atoms with E-state index in [1.165, 1.54) is 6.08 Å². The van der Waals surface area contributed by atoms with Crippen molar-refractivity contribution < 1.29 is 15.0 Å². The third-order valence-electron chi connectivity index (χ3n) is 0.546. The number of hydrogen-bond donors (Lipinski definition) is 2. The molecule has 2 N–H and O–H groups in total. The van der Waals surface area contributed by atoms with Crippen LogP contribution in [0.15, 0.2) is 23.4 Å². The van der Waals surface area contributed by atoms with Crippen LogP contribution < -0.4 is 0 Å². The quantitative estimate of drug-likeness (QED) is 0.352. The lowest BCUT2D eigenvalue weighted by Gasteiger charge is -1.84. The average molecular weight is 149 g/mol. The number of aliphatic hydroxyl groups is 1. The summed E-state index contributed by atoms with van der Waals surface area (Å²) in [6.07, 6.45) is 2.19.